The van der Waals surface area contributed by atoms with Crippen LogP contribution in [0.5, 0.6) is 0 Å². The maximum absolute atomic E-state index is 5.30. The summed E-state index contributed by atoms with van der Waals surface area (Å²) in [5.41, 5.74) is 0. The van der Waals surface area contributed by atoms with E-state index in [1.165, 1.54) is 0 Å². The Morgan fingerprint density at radius 1 is 1.18 bits per heavy atom. The molecule has 0 saturated heterocycles. The minimum absolute atomic E-state index is 0.345. The number of ether oxygens (including phenoxy) is 1. The van der Waals surface area contributed by atoms with Crippen LogP contribution in [-0.2, 0) is 4.74 Å². The first-order valence-corrected chi connectivity index (χ1v) is 4.34. The van der Waals surface area contributed by atoms with Gasteiger partial charge in [0.2, 0.25) is 0 Å². The van der Waals surface area contributed by atoms with Crippen molar-refractivity contribution in [3.63, 3.8) is 0 Å². The van der Waals surface area contributed by atoms with E-state index in [1.54, 1.807) is 7.11 Å². The van der Waals surface area contributed by atoms with Crippen molar-refractivity contribution < 1.29 is 4.74 Å². The Morgan fingerprint density at radius 2 is 1.73 bits per heavy atom. The van der Waals surface area contributed by atoms with E-state index in [-0.39, 0.29) is 0 Å². The summed E-state index contributed by atoms with van der Waals surface area (Å²) in [5, 5.41) is 3.35. The minimum Gasteiger partial charge on any atom is -0.380 e. The predicted molar refractivity (Wildman–Crippen MR) is 48.8 cm³/mol. The van der Waals surface area contributed by atoms with Gasteiger partial charge in [-0.25, -0.2) is 0 Å². The Morgan fingerprint density at radius 3 is 2.00 bits per heavy atom. The summed E-state index contributed by atoms with van der Waals surface area (Å²) in [6.45, 7) is 9.60. The van der Waals surface area contributed by atoms with Gasteiger partial charge in [-0.15, -0.1) is 0 Å². The summed E-state index contributed by atoms with van der Waals surface area (Å²) in [5.74, 6) is 0.589. The van der Waals surface area contributed by atoms with Gasteiger partial charge in [0, 0.05) is 19.7 Å². The summed E-state index contributed by atoms with van der Waals surface area (Å²) in [6, 6.07) is 0.548. The van der Waals surface area contributed by atoms with Crippen molar-refractivity contribution in [3.05, 3.63) is 0 Å². The third-order valence-corrected chi connectivity index (χ3v) is 1.77. The molecule has 0 fully saturated rings. The molecule has 0 aromatic carbocycles. The molecule has 0 aromatic rings. The van der Waals surface area contributed by atoms with Crippen LogP contribution < -0.4 is 5.32 Å². The fraction of sp³-hybridized carbons (Fsp3) is 1.00. The Hall–Kier alpha value is -0.0800. The van der Waals surface area contributed by atoms with Gasteiger partial charge >= 0.3 is 0 Å². The summed E-state index contributed by atoms with van der Waals surface area (Å²) < 4.78 is 5.30. The van der Waals surface area contributed by atoms with Crippen molar-refractivity contribution in [2.75, 3.05) is 13.7 Å². The summed E-state index contributed by atoms with van der Waals surface area (Å²) in [6.07, 6.45) is 0.345. The van der Waals surface area contributed by atoms with E-state index < -0.39 is 0 Å². The van der Waals surface area contributed by atoms with Crippen LogP contribution in [0.2, 0.25) is 0 Å². The molecule has 1 N–H and O–H groups in total. The van der Waals surface area contributed by atoms with Crippen LogP contribution >= 0.6 is 0 Å². The van der Waals surface area contributed by atoms with Gasteiger partial charge in [0.1, 0.15) is 0 Å². The van der Waals surface area contributed by atoms with Gasteiger partial charge in [-0.2, -0.15) is 0 Å². The fourth-order valence-corrected chi connectivity index (χ4v) is 0.943. The molecular weight excluding hydrogens is 138 g/mol. The van der Waals surface area contributed by atoms with Crippen LogP contribution in [0.25, 0.3) is 0 Å². The van der Waals surface area contributed by atoms with Crippen molar-refractivity contribution in [2.24, 2.45) is 5.92 Å². The second-order valence-electron chi connectivity index (χ2n) is 3.58. The van der Waals surface area contributed by atoms with Crippen molar-refractivity contribution in [3.8, 4) is 0 Å². The lowest BCUT2D eigenvalue weighted by atomic mass is 10.1. The number of rotatable bonds is 5. The molecule has 2 nitrogen and oxygen atoms in total. The SMILES string of the molecule is COC(CNC(C)C)C(C)C. The van der Waals surface area contributed by atoms with E-state index in [0.717, 1.165) is 6.54 Å². The lowest BCUT2D eigenvalue weighted by molar-refractivity contribution is 0.0634. The Bertz CT molecular complexity index is 91.6. The third-order valence-electron chi connectivity index (χ3n) is 1.77. The van der Waals surface area contributed by atoms with Crippen LogP contribution in [0.1, 0.15) is 27.7 Å². The predicted octanol–water partition coefficient (Wildman–Crippen LogP) is 1.66. The molecule has 0 spiro atoms. The molecule has 0 aliphatic rings. The van der Waals surface area contributed by atoms with Crippen molar-refractivity contribution in [1.82, 2.24) is 5.32 Å². The highest BCUT2D eigenvalue weighted by molar-refractivity contribution is 4.66. The summed E-state index contributed by atoms with van der Waals surface area (Å²) >= 11 is 0. The van der Waals surface area contributed by atoms with Crippen molar-refractivity contribution >= 4 is 0 Å². The number of hydrogen-bond donors (Lipinski definition) is 1. The molecule has 1 unspecified atom stereocenters. The van der Waals surface area contributed by atoms with Gasteiger partial charge in [-0.1, -0.05) is 27.7 Å². The summed E-state index contributed by atoms with van der Waals surface area (Å²) in [7, 11) is 1.77. The van der Waals surface area contributed by atoms with Gasteiger partial charge in [0.25, 0.3) is 0 Å². The van der Waals surface area contributed by atoms with Gasteiger partial charge in [-0.3, -0.25) is 0 Å². The molecule has 0 heterocycles. The number of nitrogens with one attached hydrogen (secondary N) is 1. The average Bonchev–Trinajstić information content (AvgIpc) is 1.87. The normalized spacial score (nSPS) is 14.5. The van der Waals surface area contributed by atoms with E-state index in [0.29, 0.717) is 18.1 Å². The Balaban J connectivity index is 3.52. The van der Waals surface area contributed by atoms with Crippen LogP contribution in [0.3, 0.4) is 0 Å². The number of methoxy groups -OCH3 is 1. The largest absolute Gasteiger partial charge is 0.380 e. The molecule has 68 valence electrons. The van der Waals surface area contributed by atoms with Crippen molar-refractivity contribution in [2.45, 2.75) is 39.8 Å². The lowest BCUT2D eigenvalue weighted by Gasteiger charge is -2.20. The molecule has 0 rings (SSSR count). The molecule has 0 amide bonds. The molecule has 0 aliphatic carbocycles. The molecule has 0 bridgehead atoms. The lowest BCUT2D eigenvalue weighted by Crippen LogP contribution is -2.35. The average molecular weight is 159 g/mol. The standard InChI is InChI=1S/C9H21NO/c1-7(2)9(11-5)6-10-8(3)4/h7-10H,6H2,1-5H3. The Labute approximate surface area is 70.3 Å². The van der Waals surface area contributed by atoms with Crippen LogP contribution in [0, 0.1) is 5.92 Å². The molecule has 2 heteroatoms. The van der Waals surface area contributed by atoms with E-state index in [9.17, 15) is 0 Å². The first-order chi connectivity index (χ1) is 5.07. The first kappa shape index (κ1) is 10.9. The van der Waals surface area contributed by atoms with E-state index >= 15 is 0 Å². The third kappa shape index (κ3) is 5.22. The molecule has 0 saturated carbocycles. The second kappa shape index (κ2) is 5.56. The number of hydrogen-bond acceptors (Lipinski definition) is 2. The first-order valence-electron chi connectivity index (χ1n) is 4.34. The molecule has 0 aromatic heterocycles. The van der Waals surface area contributed by atoms with Gasteiger partial charge < -0.3 is 10.1 Å². The van der Waals surface area contributed by atoms with Gasteiger partial charge in [0.15, 0.2) is 0 Å². The molecule has 0 radical (unpaired) electrons. The topological polar surface area (TPSA) is 21.3 Å². The van der Waals surface area contributed by atoms with Crippen LogP contribution in [0.4, 0.5) is 0 Å². The van der Waals surface area contributed by atoms with E-state index in [1.807, 2.05) is 0 Å². The maximum atomic E-state index is 5.30. The fourth-order valence-electron chi connectivity index (χ4n) is 0.943. The molecule has 1 atom stereocenters. The highest BCUT2D eigenvalue weighted by atomic mass is 16.5. The van der Waals surface area contributed by atoms with E-state index in [4.69, 9.17) is 4.74 Å². The Kier molecular flexibility index (Phi) is 5.51. The minimum atomic E-state index is 0.345. The van der Waals surface area contributed by atoms with Crippen LogP contribution in [0.15, 0.2) is 0 Å². The molecule has 11 heavy (non-hydrogen) atoms. The highest BCUT2D eigenvalue weighted by Gasteiger charge is 2.11. The monoisotopic (exact) mass is 159 g/mol. The van der Waals surface area contributed by atoms with Crippen LogP contribution in [-0.4, -0.2) is 25.8 Å². The van der Waals surface area contributed by atoms with E-state index in [2.05, 4.69) is 33.0 Å². The smallest absolute Gasteiger partial charge is 0.0718 e. The van der Waals surface area contributed by atoms with Gasteiger partial charge in [-0.05, 0) is 5.92 Å². The zero-order chi connectivity index (χ0) is 8.85. The second-order valence-corrected chi connectivity index (χ2v) is 3.58. The summed E-state index contributed by atoms with van der Waals surface area (Å²) in [4.78, 5) is 0. The zero-order valence-corrected chi connectivity index (χ0v) is 8.35. The quantitative estimate of drug-likeness (QED) is 0.658. The zero-order valence-electron chi connectivity index (χ0n) is 8.35. The van der Waals surface area contributed by atoms with Crippen molar-refractivity contribution in [1.29, 1.82) is 0 Å². The molecular formula is C9H21NO. The molecule has 0 aliphatic heterocycles. The highest BCUT2D eigenvalue weighted by Crippen LogP contribution is 2.03. The van der Waals surface area contributed by atoms with Gasteiger partial charge in [0.05, 0.1) is 6.10 Å². The maximum Gasteiger partial charge on any atom is 0.0718 e.